The molecule has 0 aliphatic carbocycles. The Kier molecular flexibility index (Phi) is 47.3. The predicted octanol–water partition coefficient (Wildman–Crippen LogP) is 9.44. The zero-order valence-electron chi connectivity index (χ0n) is 54.7. The number of aliphatic hydroxyl groups is 11. The molecule has 3 fully saturated rings. The molecule has 518 valence electrons. The maximum atomic E-state index is 13.4. The highest BCUT2D eigenvalue weighted by Gasteiger charge is 2.53. The van der Waals surface area contributed by atoms with Gasteiger partial charge in [0.15, 0.2) is 18.9 Å². The quantitative estimate of drug-likeness (QED) is 0.0199. The predicted molar refractivity (Wildman–Crippen MR) is 342 cm³/mol. The van der Waals surface area contributed by atoms with Gasteiger partial charge in [-0.2, -0.15) is 0 Å². The topological polar surface area (TPSA) is 307 Å². The number of hydrogen-bond donors (Lipinski definition) is 12. The maximum Gasteiger partial charge on any atom is 0.220 e. The molecule has 0 aromatic heterocycles. The van der Waals surface area contributed by atoms with E-state index in [0.717, 1.165) is 70.6 Å². The second-order valence-electron chi connectivity index (χ2n) is 25.7. The monoisotopic (exact) mass is 1260 g/mol. The van der Waals surface area contributed by atoms with Crippen LogP contribution in [0.4, 0.5) is 0 Å². The number of nitrogens with one attached hydrogen (secondary N) is 1. The Labute approximate surface area is 530 Å². The molecule has 3 aliphatic heterocycles. The van der Waals surface area contributed by atoms with Gasteiger partial charge >= 0.3 is 0 Å². The summed E-state index contributed by atoms with van der Waals surface area (Å²) in [6.07, 6.45) is 31.1. The Hall–Kier alpha value is -1.73. The van der Waals surface area contributed by atoms with Gasteiger partial charge in [0.05, 0.1) is 38.6 Å². The van der Waals surface area contributed by atoms with Gasteiger partial charge in [-0.25, -0.2) is 0 Å². The highest BCUT2D eigenvalue weighted by molar-refractivity contribution is 5.76. The number of carbonyl (C=O) groups is 1. The Morgan fingerprint density at radius 3 is 1.17 bits per heavy atom. The Morgan fingerprint density at radius 1 is 0.409 bits per heavy atom. The van der Waals surface area contributed by atoms with Crippen molar-refractivity contribution in [2.75, 3.05) is 26.4 Å². The van der Waals surface area contributed by atoms with E-state index in [2.05, 4.69) is 43.5 Å². The van der Waals surface area contributed by atoms with Crippen LogP contribution >= 0.6 is 0 Å². The van der Waals surface area contributed by atoms with E-state index in [0.29, 0.717) is 12.8 Å². The van der Waals surface area contributed by atoms with Crippen LogP contribution in [-0.4, -0.2) is 193 Å². The first-order chi connectivity index (χ1) is 42.8. The minimum absolute atomic E-state index is 0.248. The lowest BCUT2D eigenvalue weighted by Gasteiger charge is -2.48. The molecule has 3 saturated heterocycles. The van der Waals surface area contributed by atoms with Crippen LogP contribution < -0.4 is 5.32 Å². The molecule has 3 heterocycles. The van der Waals surface area contributed by atoms with Gasteiger partial charge < -0.3 is 89.9 Å². The third kappa shape index (κ3) is 33.4. The fourth-order valence-electron chi connectivity index (χ4n) is 12.2. The normalized spacial score (nSPS) is 28.5. The molecule has 0 spiro atoms. The summed E-state index contributed by atoms with van der Waals surface area (Å²) < 4.78 is 34.4. The zero-order valence-corrected chi connectivity index (χ0v) is 54.7. The molecule has 0 radical (unpaired) electrons. The standard InChI is InChI=1S/C69H129NO18/c1-3-5-7-9-11-13-15-17-19-21-23-24-25-26-27-28-29-30-32-34-36-38-40-42-44-46-53(74)52(70-57(75)47-45-43-41-39-37-35-33-31-22-20-18-16-14-12-10-8-6-4-2)51-83-67-63(81)60(78)65(55(49-72)85-67)88-69-64(82)61(79)66(56(50-73)86-69)87-68-62(80)59(77)58(76)54(48-71)84-68/h14,16,20,22,52-56,58-69,71-74,76-82H,3-13,15,17-19,21,23-51H2,1-2H3,(H,70,75)/b16-14-,22-20-. The van der Waals surface area contributed by atoms with Gasteiger partial charge in [-0.1, -0.05) is 250 Å². The minimum Gasteiger partial charge on any atom is -0.394 e. The lowest BCUT2D eigenvalue weighted by Crippen LogP contribution is -2.66. The molecule has 0 aromatic carbocycles. The van der Waals surface area contributed by atoms with Crippen molar-refractivity contribution < 1.29 is 89.4 Å². The molecule has 0 saturated carbocycles. The molecule has 17 unspecified atom stereocenters. The summed E-state index contributed by atoms with van der Waals surface area (Å²) in [4.78, 5) is 13.4. The van der Waals surface area contributed by atoms with Crippen molar-refractivity contribution in [1.82, 2.24) is 5.32 Å². The van der Waals surface area contributed by atoms with Gasteiger partial charge in [-0.15, -0.1) is 0 Å². The fraction of sp³-hybridized carbons (Fsp3) is 0.928. The first-order valence-corrected chi connectivity index (χ1v) is 35.6. The largest absolute Gasteiger partial charge is 0.394 e. The molecular weight excluding hydrogens is 1130 g/mol. The van der Waals surface area contributed by atoms with Crippen molar-refractivity contribution in [2.45, 2.75) is 381 Å². The van der Waals surface area contributed by atoms with Gasteiger partial charge in [0.25, 0.3) is 0 Å². The van der Waals surface area contributed by atoms with Crippen LogP contribution in [0.25, 0.3) is 0 Å². The van der Waals surface area contributed by atoms with Crippen molar-refractivity contribution in [1.29, 1.82) is 0 Å². The number of hydrogen-bond acceptors (Lipinski definition) is 18. The molecule has 3 rings (SSSR count). The molecule has 0 aromatic rings. The number of rotatable bonds is 55. The van der Waals surface area contributed by atoms with Crippen LogP contribution in [-0.2, 0) is 33.2 Å². The zero-order chi connectivity index (χ0) is 64.0. The number of allylic oxidation sites excluding steroid dienone is 4. The molecule has 0 bridgehead atoms. The molecule has 19 nitrogen and oxygen atoms in total. The van der Waals surface area contributed by atoms with E-state index in [1.165, 1.54) is 173 Å². The van der Waals surface area contributed by atoms with E-state index in [9.17, 15) is 61.0 Å². The Balaban J connectivity index is 1.42. The van der Waals surface area contributed by atoms with Gasteiger partial charge in [0, 0.05) is 6.42 Å². The number of carbonyl (C=O) groups excluding carboxylic acids is 1. The second kappa shape index (κ2) is 51.7. The molecule has 1 amide bonds. The van der Waals surface area contributed by atoms with Crippen molar-refractivity contribution in [3.05, 3.63) is 24.3 Å². The summed E-state index contributed by atoms with van der Waals surface area (Å²) in [5, 5.41) is 121. The fourth-order valence-corrected chi connectivity index (χ4v) is 12.2. The lowest BCUT2D eigenvalue weighted by molar-refractivity contribution is -0.379. The smallest absolute Gasteiger partial charge is 0.220 e. The Morgan fingerprint density at radius 2 is 0.750 bits per heavy atom. The van der Waals surface area contributed by atoms with Gasteiger partial charge in [0.1, 0.15) is 73.2 Å². The van der Waals surface area contributed by atoms with Crippen molar-refractivity contribution in [3.63, 3.8) is 0 Å². The molecule has 17 atom stereocenters. The molecule has 3 aliphatic rings. The summed E-state index contributed by atoms with van der Waals surface area (Å²) >= 11 is 0. The average Bonchev–Trinajstić information content (AvgIpc) is 3.72. The maximum absolute atomic E-state index is 13.4. The van der Waals surface area contributed by atoms with E-state index in [4.69, 9.17) is 28.4 Å². The summed E-state index contributed by atoms with van der Waals surface area (Å²) in [5.74, 6) is -0.248. The van der Waals surface area contributed by atoms with Crippen molar-refractivity contribution in [2.24, 2.45) is 0 Å². The van der Waals surface area contributed by atoms with E-state index < -0.39 is 124 Å². The number of ether oxygens (including phenoxy) is 6. The second-order valence-corrected chi connectivity index (χ2v) is 25.7. The first kappa shape index (κ1) is 80.5. The summed E-state index contributed by atoms with van der Waals surface area (Å²) in [7, 11) is 0. The summed E-state index contributed by atoms with van der Waals surface area (Å²) in [6.45, 7) is 1.81. The lowest BCUT2D eigenvalue weighted by atomic mass is 9.96. The van der Waals surface area contributed by atoms with Crippen LogP contribution in [0, 0.1) is 0 Å². The SMILES string of the molecule is CCCCCC/C=C\C/C=C\CCCCCCCCCC(=O)NC(COC1OC(CO)C(OC2OC(CO)C(OC3OC(CO)C(O)C(O)C3O)C(O)C2O)C(O)C1O)C(O)CCCCCCCCCCCCCCCCCCCCCCCCCCC. The summed E-state index contributed by atoms with van der Waals surface area (Å²) in [6, 6.07) is -0.891. The van der Waals surface area contributed by atoms with Gasteiger partial charge in [-0.05, 0) is 44.9 Å². The summed E-state index contributed by atoms with van der Waals surface area (Å²) in [5.41, 5.74) is 0. The van der Waals surface area contributed by atoms with Crippen LogP contribution in [0.2, 0.25) is 0 Å². The molecule has 12 N–H and O–H groups in total. The number of aliphatic hydroxyl groups excluding tert-OH is 11. The Bertz CT molecular complexity index is 1690. The molecule has 88 heavy (non-hydrogen) atoms. The van der Waals surface area contributed by atoms with E-state index in [-0.39, 0.29) is 18.9 Å². The number of amides is 1. The van der Waals surface area contributed by atoms with E-state index in [1.807, 2.05) is 0 Å². The van der Waals surface area contributed by atoms with E-state index >= 15 is 0 Å². The highest BCUT2D eigenvalue weighted by Crippen LogP contribution is 2.33. The van der Waals surface area contributed by atoms with Crippen molar-refractivity contribution >= 4 is 5.91 Å². The van der Waals surface area contributed by atoms with Crippen LogP contribution in [0.1, 0.15) is 277 Å². The van der Waals surface area contributed by atoms with Crippen LogP contribution in [0.3, 0.4) is 0 Å². The molecular formula is C69H129NO18. The van der Waals surface area contributed by atoms with Gasteiger partial charge in [-0.3, -0.25) is 4.79 Å². The van der Waals surface area contributed by atoms with Crippen LogP contribution in [0.15, 0.2) is 24.3 Å². The van der Waals surface area contributed by atoms with Crippen molar-refractivity contribution in [3.8, 4) is 0 Å². The molecule has 19 heteroatoms. The minimum atomic E-state index is -1.97. The van der Waals surface area contributed by atoms with Gasteiger partial charge in [0.2, 0.25) is 5.91 Å². The van der Waals surface area contributed by atoms with E-state index in [1.54, 1.807) is 0 Å². The average molecular weight is 1260 g/mol. The van der Waals surface area contributed by atoms with Crippen LogP contribution in [0.5, 0.6) is 0 Å². The number of unbranched alkanes of at least 4 members (excludes halogenated alkanes) is 35. The first-order valence-electron chi connectivity index (χ1n) is 35.6. The third-order valence-corrected chi connectivity index (χ3v) is 18.0. The highest BCUT2D eigenvalue weighted by atomic mass is 16.8. The third-order valence-electron chi connectivity index (χ3n) is 18.0.